The molecule has 2 aromatic rings. The molecule has 0 aliphatic carbocycles. The third-order valence-corrected chi connectivity index (χ3v) is 3.84. The van der Waals surface area contributed by atoms with Crippen molar-refractivity contribution in [2.75, 3.05) is 0 Å². The Labute approximate surface area is 153 Å². The predicted octanol–water partition coefficient (Wildman–Crippen LogP) is 4.93. The summed E-state index contributed by atoms with van der Waals surface area (Å²) in [4.78, 5) is 16.4. The Morgan fingerprint density at radius 2 is 1.92 bits per heavy atom. The summed E-state index contributed by atoms with van der Waals surface area (Å²) < 4.78 is 32.9. The van der Waals surface area contributed by atoms with E-state index in [2.05, 4.69) is 26.2 Å². The lowest BCUT2D eigenvalue weighted by Gasteiger charge is -2.24. The molecule has 4 nitrogen and oxygen atoms in total. The van der Waals surface area contributed by atoms with Crippen LogP contribution in [0.15, 0.2) is 41.0 Å². The van der Waals surface area contributed by atoms with Crippen LogP contribution in [0.5, 0.6) is 0 Å². The molecule has 1 N–H and O–H groups in total. The number of hydrogen-bond acceptors (Lipinski definition) is 3. The number of nitrogens with one attached hydrogen (secondary N) is 1. The van der Waals surface area contributed by atoms with Crippen LogP contribution < -0.4 is 5.32 Å². The zero-order valence-electron chi connectivity index (χ0n) is 14.1. The molecule has 0 saturated carbocycles. The van der Waals surface area contributed by atoms with Crippen molar-refractivity contribution in [1.29, 1.82) is 0 Å². The fourth-order valence-electron chi connectivity index (χ4n) is 2.28. The Morgan fingerprint density at radius 1 is 1.28 bits per heavy atom. The van der Waals surface area contributed by atoms with Crippen LogP contribution in [-0.4, -0.2) is 16.7 Å². The average molecular weight is 413 g/mol. The molecule has 0 saturated heterocycles. The van der Waals surface area contributed by atoms with E-state index in [0.717, 1.165) is 6.07 Å². The van der Waals surface area contributed by atoms with E-state index in [4.69, 9.17) is 4.74 Å². The van der Waals surface area contributed by atoms with Gasteiger partial charge in [-0.15, -0.1) is 0 Å². The number of rotatable bonds is 4. The van der Waals surface area contributed by atoms with Gasteiger partial charge in [0.2, 0.25) is 0 Å². The van der Waals surface area contributed by atoms with Crippen LogP contribution in [0, 0.1) is 11.6 Å². The van der Waals surface area contributed by atoms with Crippen LogP contribution in [0.4, 0.5) is 13.6 Å². The topological polar surface area (TPSA) is 51.2 Å². The molecule has 1 aromatic carbocycles. The summed E-state index contributed by atoms with van der Waals surface area (Å²) >= 11 is 3.39. The van der Waals surface area contributed by atoms with E-state index in [1.807, 2.05) is 0 Å². The van der Waals surface area contributed by atoms with Crippen LogP contribution in [0.25, 0.3) is 0 Å². The molecule has 0 aliphatic rings. The molecule has 0 fully saturated rings. The molecule has 0 radical (unpaired) electrons. The van der Waals surface area contributed by atoms with Crippen LogP contribution in [0.3, 0.4) is 0 Å². The number of hydrogen-bond donors (Lipinski definition) is 1. The van der Waals surface area contributed by atoms with Crippen LogP contribution in [0.2, 0.25) is 0 Å². The summed E-state index contributed by atoms with van der Waals surface area (Å²) in [6.45, 7) is 5.25. The van der Waals surface area contributed by atoms with Gasteiger partial charge in [0.25, 0.3) is 0 Å². The molecule has 0 spiro atoms. The van der Waals surface area contributed by atoms with Gasteiger partial charge >= 0.3 is 6.09 Å². The standard InChI is InChI=1S/C18H19BrF2N2O2/c1-18(2,3)25-17(24)23-15(16-14(19)5-4-6-22-16)9-11-7-12(20)10-13(21)8-11/h4-8,10,15H,9H2,1-3H3,(H,23,24). The molecule has 7 heteroatoms. The van der Waals surface area contributed by atoms with Gasteiger partial charge in [-0.05, 0) is 73.0 Å². The molecule has 1 aromatic heterocycles. The van der Waals surface area contributed by atoms with E-state index in [1.54, 1.807) is 39.1 Å². The van der Waals surface area contributed by atoms with Gasteiger partial charge in [-0.1, -0.05) is 0 Å². The zero-order valence-corrected chi connectivity index (χ0v) is 15.7. The van der Waals surface area contributed by atoms with Crippen molar-refractivity contribution in [2.45, 2.75) is 38.8 Å². The minimum absolute atomic E-state index is 0.156. The molecule has 1 amide bonds. The second-order valence-electron chi connectivity index (χ2n) is 6.55. The van der Waals surface area contributed by atoms with E-state index < -0.39 is 29.4 Å². The van der Waals surface area contributed by atoms with E-state index in [0.29, 0.717) is 15.7 Å². The number of carbonyl (C=O) groups excluding carboxylic acids is 1. The SMILES string of the molecule is CC(C)(C)OC(=O)NC(Cc1cc(F)cc(F)c1)c1ncccc1Br. The first-order chi connectivity index (χ1) is 11.6. The molecule has 1 unspecified atom stereocenters. The number of halogens is 3. The molecule has 0 bridgehead atoms. The maximum atomic E-state index is 13.5. The molecular formula is C18H19BrF2N2O2. The highest BCUT2D eigenvalue weighted by atomic mass is 79.9. The zero-order chi connectivity index (χ0) is 18.6. The first-order valence-electron chi connectivity index (χ1n) is 7.69. The molecule has 134 valence electrons. The highest BCUT2D eigenvalue weighted by molar-refractivity contribution is 9.10. The van der Waals surface area contributed by atoms with Crippen LogP contribution in [0.1, 0.15) is 38.1 Å². The summed E-state index contributed by atoms with van der Waals surface area (Å²) in [5.41, 5.74) is 0.273. The van der Waals surface area contributed by atoms with E-state index in [9.17, 15) is 13.6 Å². The molecule has 2 rings (SSSR count). The average Bonchev–Trinajstić information content (AvgIpc) is 2.44. The highest BCUT2D eigenvalue weighted by Crippen LogP contribution is 2.25. The van der Waals surface area contributed by atoms with E-state index in [1.165, 1.54) is 12.1 Å². The monoisotopic (exact) mass is 412 g/mol. The molecule has 1 atom stereocenters. The minimum Gasteiger partial charge on any atom is -0.444 e. The predicted molar refractivity (Wildman–Crippen MR) is 94.1 cm³/mol. The van der Waals surface area contributed by atoms with Gasteiger partial charge in [0, 0.05) is 16.7 Å². The first-order valence-corrected chi connectivity index (χ1v) is 8.48. The van der Waals surface area contributed by atoms with Gasteiger partial charge in [0.1, 0.15) is 17.2 Å². The molecule has 1 heterocycles. The fourth-order valence-corrected chi connectivity index (χ4v) is 2.82. The third-order valence-electron chi connectivity index (χ3n) is 3.17. The van der Waals surface area contributed by atoms with Gasteiger partial charge in [0.15, 0.2) is 0 Å². The van der Waals surface area contributed by atoms with Crippen LogP contribution in [-0.2, 0) is 11.2 Å². The van der Waals surface area contributed by atoms with Crippen molar-refractivity contribution >= 4 is 22.0 Å². The van der Waals surface area contributed by atoms with Crippen molar-refractivity contribution in [2.24, 2.45) is 0 Å². The third kappa shape index (κ3) is 6.08. The van der Waals surface area contributed by atoms with Gasteiger partial charge in [0.05, 0.1) is 11.7 Å². The van der Waals surface area contributed by atoms with E-state index in [-0.39, 0.29) is 6.42 Å². The second-order valence-corrected chi connectivity index (χ2v) is 7.41. The number of amides is 1. The van der Waals surface area contributed by atoms with Gasteiger partial charge in [-0.3, -0.25) is 4.98 Å². The van der Waals surface area contributed by atoms with Crippen molar-refractivity contribution in [3.63, 3.8) is 0 Å². The number of aromatic nitrogens is 1. The van der Waals surface area contributed by atoms with Gasteiger partial charge in [-0.2, -0.15) is 0 Å². The summed E-state index contributed by atoms with van der Waals surface area (Å²) in [7, 11) is 0. The number of pyridine rings is 1. The number of carbonyl (C=O) groups is 1. The lowest BCUT2D eigenvalue weighted by Crippen LogP contribution is -2.36. The minimum atomic E-state index is -0.675. The highest BCUT2D eigenvalue weighted by Gasteiger charge is 2.23. The second kappa shape index (κ2) is 7.91. The molecular weight excluding hydrogens is 394 g/mol. The Kier molecular flexibility index (Phi) is 6.11. The van der Waals surface area contributed by atoms with Gasteiger partial charge < -0.3 is 10.1 Å². The smallest absolute Gasteiger partial charge is 0.408 e. The number of nitrogens with zero attached hydrogens (tertiary/aromatic N) is 1. The fraction of sp³-hybridized carbons (Fsp3) is 0.333. The first kappa shape index (κ1) is 19.3. The number of benzene rings is 1. The van der Waals surface area contributed by atoms with Crippen molar-refractivity contribution in [3.8, 4) is 0 Å². The Bertz CT molecular complexity index is 743. The largest absolute Gasteiger partial charge is 0.444 e. The summed E-state index contributed by atoms with van der Waals surface area (Å²) in [6, 6.07) is 6.15. The summed E-state index contributed by atoms with van der Waals surface area (Å²) in [5, 5.41) is 2.72. The van der Waals surface area contributed by atoms with Gasteiger partial charge in [-0.25, -0.2) is 13.6 Å². The van der Waals surface area contributed by atoms with E-state index >= 15 is 0 Å². The van der Waals surface area contributed by atoms with Crippen LogP contribution >= 0.6 is 15.9 Å². The number of alkyl carbamates (subject to hydrolysis) is 1. The maximum Gasteiger partial charge on any atom is 0.408 e. The Hall–Kier alpha value is -2.02. The lowest BCUT2D eigenvalue weighted by molar-refractivity contribution is 0.0502. The Balaban J connectivity index is 2.29. The molecule has 0 aliphatic heterocycles. The molecule has 25 heavy (non-hydrogen) atoms. The normalized spacial score (nSPS) is 12.6. The van der Waals surface area contributed by atoms with Crippen molar-refractivity contribution in [3.05, 3.63) is 63.9 Å². The van der Waals surface area contributed by atoms with Crippen molar-refractivity contribution < 1.29 is 18.3 Å². The van der Waals surface area contributed by atoms with Crippen molar-refractivity contribution in [1.82, 2.24) is 10.3 Å². The summed E-state index contributed by atoms with van der Waals surface area (Å²) in [6.07, 6.45) is 1.10. The quantitative estimate of drug-likeness (QED) is 0.774. The maximum absolute atomic E-state index is 13.5. The Morgan fingerprint density at radius 3 is 2.48 bits per heavy atom. The summed E-state index contributed by atoms with van der Waals surface area (Å²) in [5.74, 6) is -1.35. The number of ether oxygens (including phenoxy) is 1. The lowest BCUT2D eigenvalue weighted by atomic mass is 10.0.